The van der Waals surface area contributed by atoms with Crippen LogP contribution in [0.1, 0.15) is 17.5 Å². The fraction of sp³-hybridized carbons (Fsp3) is 0.600. The number of carbonyl (C=O) groups excluding carboxylic acids is 1. The molecule has 0 aliphatic heterocycles. The van der Waals surface area contributed by atoms with Crippen molar-refractivity contribution in [2.45, 2.75) is 13.0 Å². The lowest BCUT2D eigenvalue weighted by molar-refractivity contribution is 0.0912. The van der Waals surface area contributed by atoms with Crippen molar-refractivity contribution in [3.8, 4) is 0 Å². The first-order valence-corrected chi connectivity index (χ1v) is 3.39. The highest BCUT2D eigenvalue weighted by Gasteiger charge is 2.12. The van der Waals surface area contributed by atoms with Gasteiger partial charge in [0.2, 0.25) is 0 Å². The van der Waals surface area contributed by atoms with Gasteiger partial charge in [0, 0.05) is 6.04 Å². The van der Waals surface area contributed by atoms with Gasteiger partial charge in [0.1, 0.15) is 0 Å². The summed E-state index contributed by atoms with van der Waals surface area (Å²) in [7, 11) is 0. The molecule has 0 bridgehead atoms. The third-order valence-corrected chi connectivity index (χ3v) is 1.20. The first kappa shape index (κ1) is 8.60. The van der Waals surface area contributed by atoms with Crippen LogP contribution < -0.4 is 5.32 Å². The molecular formula is C5H9N5O2. The Kier molecular flexibility index (Phi) is 2.70. The van der Waals surface area contributed by atoms with E-state index in [0.29, 0.717) is 0 Å². The zero-order valence-electron chi connectivity index (χ0n) is 6.48. The molecule has 7 nitrogen and oxygen atoms in total. The third kappa shape index (κ3) is 1.99. The molecule has 0 saturated carbocycles. The first-order chi connectivity index (χ1) is 5.74. The molecule has 0 aliphatic carbocycles. The third-order valence-electron chi connectivity index (χ3n) is 1.20. The maximum Gasteiger partial charge on any atom is 0.293 e. The standard InChI is InChI=1S/C5H9N5O2/c1-3(2-11)6-5(12)4-7-9-10-8-4/h3,11H,2H2,1H3,(H,6,12)(H,7,8,9,10)/t3-/m0/s1. The van der Waals surface area contributed by atoms with Crippen LogP contribution in [0.2, 0.25) is 0 Å². The lowest BCUT2D eigenvalue weighted by Gasteiger charge is -2.07. The van der Waals surface area contributed by atoms with Gasteiger partial charge in [-0.3, -0.25) is 4.79 Å². The number of amides is 1. The fourth-order valence-corrected chi connectivity index (χ4v) is 0.592. The molecule has 0 radical (unpaired) electrons. The average molecular weight is 171 g/mol. The number of aromatic amines is 1. The van der Waals surface area contributed by atoms with Crippen molar-refractivity contribution in [2.24, 2.45) is 0 Å². The Labute approximate surface area is 68.2 Å². The van der Waals surface area contributed by atoms with Crippen LogP contribution in [0.25, 0.3) is 0 Å². The van der Waals surface area contributed by atoms with E-state index in [2.05, 4.69) is 25.9 Å². The Morgan fingerprint density at radius 1 is 1.83 bits per heavy atom. The predicted octanol–water partition coefficient (Wildman–Crippen LogP) is -1.69. The number of tetrazole rings is 1. The average Bonchev–Trinajstić information content (AvgIpc) is 2.56. The molecule has 12 heavy (non-hydrogen) atoms. The Balaban J connectivity index is 2.50. The molecule has 0 saturated heterocycles. The quantitative estimate of drug-likeness (QED) is 0.503. The van der Waals surface area contributed by atoms with Gasteiger partial charge in [0.25, 0.3) is 11.7 Å². The number of hydrogen-bond donors (Lipinski definition) is 3. The number of aliphatic hydroxyl groups is 1. The lowest BCUT2D eigenvalue weighted by Crippen LogP contribution is -2.35. The van der Waals surface area contributed by atoms with Gasteiger partial charge < -0.3 is 10.4 Å². The van der Waals surface area contributed by atoms with E-state index in [-0.39, 0.29) is 18.5 Å². The van der Waals surface area contributed by atoms with Crippen LogP contribution in [0.3, 0.4) is 0 Å². The summed E-state index contributed by atoms with van der Waals surface area (Å²) in [5.74, 6) is -0.486. The van der Waals surface area contributed by atoms with E-state index in [1.165, 1.54) is 0 Å². The van der Waals surface area contributed by atoms with Crippen molar-refractivity contribution in [2.75, 3.05) is 6.61 Å². The summed E-state index contributed by atoms with van der Waals surface area (Å²) < 4.78 is 0. The molecule has 0 spiro atoms. The van der Waals surface area contributed by atoms with Crippen LogP contribution in [-0.4, -0.2) is 44.3 Å². The summed E-state index contributed by atoms with van der Waals surface area (Å²) in [5.41, 5.74) is 0. The molecule has 3 N–H and O–H groups in total. The predicted molar refractivity (Wildman–Crippen MR) is 38.2 cm³/mol. The Morgan fingerprint density at radius 2 is 2.58 bits per heavy atom. The normalized spacial score (nSPS) is 12.5. The Hall–Kier alpha value is -1.50. The first-order valence-electron chi connectivity index (χ1n) is 3.39. The van der Waals surface area contributed by atoms with Crippen LogP contribution in [0, 0.1) is 0 Å². The number of rotatable bonds is 3. The summed E-state index contributed by atoms with van der Waals surface area (Å²) in [5, 5.41) is 23.4. The minimum Gasteiger partial charge on any atom is -0.394 e. The number of nitrogens with zero attached hydrogens (tertiary/aromatic N) is 3. The summed E-state index contributed by atoms with van der Waals surface area (Å²) in [6.45, 7) is 1.54. The number of hydrogen-bond acceptors (Lipinski definition) is 5. The SMILES string of the molecule is C[C@@H](CO)NC(=O)c1nn[nH]n1. The van der Waals surface area contributed by atoms with Crippen LogP contribution >= 0.6 is 0 Å². The van der Waals surface area contributed by atoms with Gasteiger partial charge in [-0.2, -0.15) is 5.21 Å². The summed E-state index contributed by atoms with van der Waals surface area (Å²) >= 11 is 0. The van der Waals surface area contributed by atoms with Crippen molar-refractivity contribution in [3.05, 3.63) is 5.82 Å². The number of carbonyl (C=O) groups is 1. The molecule has 1 aromatic heterocycles. The topological polar surface area (TPSA) is 104 Å². The molecule has 0 fully saturated rings. The van der Waals surface area contributed by atoms with Crippen LogP contribution in [0.15, 0.2) is 0 Å². The van der Waals surface area contributed by atoms with Gasteiger partial charge in [-0.15, -0.1) is 10.2 Å². The highest BCUT2D eigenvalue weighted by atomic mass is 16.3. The fourth-order valence-electron chi connectivity index (χ4n) is 0.592. The van der Waals surface area contributed by atoms with Crippen molar-refractivity contribution in [1.82, 2.24) is 25.9 Å². The van der Waals surface area contributed by atoms with Crippen molar-refractivity contribution in [3.63, 3.8) is 0 Å². The second-order valence-electron chi connectivity index (χ2n) is 2.29. The van der Waals surface area contributed by atoms with E-state index < -0.39 is 5.91 Å². The zero-order valence-corrected chi connectivity index (χ0v) is 6.48. The van der Waals surface area contributed by atoms with E-state index in [9.17, 15) is 4.79 Å². The van der Waals surface area contributed by atoms with Gasteiger partial charge in [-0.1, -0.05) is 0 Å². The van der Waals surface area contributed by atoms with E-state index in [1.54, 1.807) is 6.92 Å². The summed E-state index contributed by atoms with van der Waals surface area (Å²) in [4.78, 5) is 11.1. The number of nitrogens with one attached hydrogen (secondary N) is 2. The largest absolute Gasteiger partial charge is 0.394 e. The summed E-state index contributed by atoms with van der Waals surface area (Å²) in [6.07, 6.45) is 0. The molecule has 1 amide bonds. The molecule has 1 atom stereocenters. The maximum absolute atomic E-state index is 11.1. The zero-order chi connectivity index (χ0) is 8.97. The lowest BCUT2D eigenvalue weighted by atomic mass is 10.3. The second kappa shape index (κ2) is 3.77. The number of H-pyrrole nitrogens is 1. The second-order valence-corrected chi connectivity index (χ2v) is 2.29. The molecule has 0 aromatic carbocycles. The van der Waals surface area contributed by atoms with Gasteiger partial charge >= 0.3 is 0 Å². The van der Waals surface area contributed by atoms with Gasteiger partial charge in [0.15, 0.2) is 0 Å². The van der Waals surface area contributed by atoms with Crippen molar-refractivity contribution >= 4 is 5.91 Å². The van der Waals surface area contributed by atoms with Crippen LogP contribution in [-0.2, 0) is 0 Å². The molecule has 1 heterocycles. The van der Waals surface area contributed by atoms with Crippen LogP contribution in [0.4, 0.5) is 0 Å². The molecule has 1 rings (SSSR count). The van der Waals surface area contributed by atoms with Crippen molar-refractivity contribution in [1.29, 1.82) is 0 Å². The maximum atomic E-state index is 11.1. The number of aliphatic hydroxyl groups excluding tert-OH is 1. The van der Waals surface area contributed by atoms with Crippen LogP contribution in [0.5, 0.6) is 0 Å². The molecule has 0 aliphatic rings. The minimum atomic E-state index is -0.453. The summed E-state index contributed by atoms with van der Waals surface area (Å²) in [6, 6.07) is -0.309. The minimum absolute atomic E-state index is 0.0321. The van der Waals surface area contributed by atoms with Gasteiger partial charge in [0.05, 0.1) is 6.61 Å². The molecule has 66 valence electrons. The highest BCUT2D eigenvalue weighted by Crippen LogP contribution is 1.85. The highest BCUT2D eigenvalue weighted by molar-refractivity contribution is 5.90. The molecule has 1 aromatic rings. The molecular weight excluding hydrogens is 162 g/mol. The van der Waals surface area contributed by atoms with E-state index in [1.807, 2.05) is 0 Å². The Morgan fingerprint density at radius 3 is 3.08 bits per heavy atom. The monoisotopic (exact) mass is 171 g/mol. The van der Waals surface area contributed by atoms with Gasteiger partial charge in [-0.05, 0) is 12.1 Å². The van der Waals surface area contributed by atoms with E-state index in [4.69, 9.17) is 5.11 Å². The number of aromatic nitrogens is 4. The van der Waals surface area contributed by atoms with Gasteiger partial charge in [-0.25, -0.2) is 0 Å². The smallest absolute Gasteiger partial charge is 0.293 e. The molecule has 0 unspecified atom stereocenters. The molecule has 7 heteroatoms. The Bertz CT molecular complexity index is 246. The van der Waals surface area contributed by atoms with Crippen molar-refractivity contribution < 1.29 is 9.90 Å². The van der Waals surface area contributed by atoms with E-state index in [0.717, 1.165) is 0 Å². The van der Waals surface area contributed by atoms with E-state index >= 15 is 0 Å².